The van der Waals surface area contributed by atoms with Crippen molar-refractivity contribution in [1.29, 1.82) is 0 Å². The minimum absolute atomic E-state index is 0.00400. The zero-order valence-electron chi connectivity index (χ0n) is 11.5. The van der Waals surface area contributed by atoms with Crippen LogP contribution in [-0.2, 0) is 4.79 Å². The molecular weight excluding hydrogens is 246 g/mol. The molecule has 0 fully saturated rings. The molecular formula is C14H19NO4. The average molecular weight is 265 g/mol. The number of hydrogen-bond acceptors (Lipinski definition) is 4. The van der Waals surface area contributed by atoms with Crippen LogP contribution in [0.3, 0.4) is 0 Å². The first-order chi connectivity index (χ1) is 8.59. The summed E-state index contributed by atoms with van der Waals surface area (Å²) in [4.78, 5) is 11.0. The van der Waals surface area contributed by atoms with Crippen LogP contribution in [0.4, 0.5) is 0 Å². The number of rotatable bonds is 3. The van der Waals surface area contributed by atoms with Gasteiger partial charge in [0, 0.05) is 11.1 Å². The fourth-order valence-electron chi connectivity index (χ4n) is 1.68. The van der Waals surface area contributed by atoms with Crippen LogP contribution >= 0.6 is 0 Å². The lowest BCUT2D eigenvalue weighted by molar-refractivity contribution is -0.130. The number of amides is 1. The summed E-state index contributed by atoms with van der Waals surface area (Å²) in [6, 6.07) is 0. The van der Waals surface area contributed by atoms with Gasteiger partial charge in [-0.25, -0.2) is 0 Å². The van der Waals surface area contributed by atoms with E-state index >= 15 is 0 Å². The van der Waals surface area contributed by atoms with Crippen molar-refractivity contribution in [1.82, 2.24) is 0 Å². The molecule has 0 heterocycles. The van der Waals surface area contributed by atoms with E-state index in [0.717, 1.165) is 0 Å². The molecule has 19 heavy (non-hydrogen) atoms. The van der Waals surface area contributed by atoms with Crippen molar-refractivity contribution in [3.05, 3.63) is 28.3 Å². The lowest BCUT2D eigenvalue weighted by Crippen LogP contribution is -2.38. The minimum Gasteiger partial charge on any atom is -0.507 e. The van der Waals surface area contributed by atoms with E-state index in [0.29, 0.717) is 22.3 Å². The molecule has 0 saturated heterocycles. The molecule has 104 valence electrons. The van der Waals surface area contributed by atoms with Gasteiger partial charge in [0.2, 0.25) is 0 Å². The van der Waals surface area contributed by atoms with Crippen LogP contribution in [0.15, 0.2) is 6.08 Å². The van der Waals surface area contributed by atoms with Crippen LogP contribution in [0.1, 0.15) is 29.2 Å². The highest BCUT2D eigenvalue weighted by molar-refractivity contribution is 5.86. The normalized spacial score (nSPS) is 14.6. The van der Waals surface area contributed by atoms with Gasteiger partial charge in [-0.15, -0.1) is 0 Å². The van der Waals surface area contributed by atoms with Gasteiger partial charge >= 0.3 is 0 Å². The Morgan fingerprint density at radius 3 is 2.05 bits per heavy atom. The number of hydrogen-bond donors (Lipinski definition) is 4. The molecule has 5 N–H and O–H groups in total. The molecule has 1 rings (SSSR count). The number of aromatic hydroxyl groups is 2. The Kier molecular flexibility index (Phi) is 3.91. The van der Waals surface area contributed by atoms with Gasteiger partial charge in [-0.2, -0.15) is 0 Å². The van der Waals surface area contributed by atoms with E-state index in [2.05, 4.69) is 0 Å². The minimum atomic E-state index is -1.81. The largest absolute Gasteiger partial charge is 0.507 e. The Balaban J connectivity index is 3.38. The first-order valence-corrected chi connectivity index (χ1v) is 5.82. The molecule has 0 aliphatic heterocycles. The molecule has 0 aliphatic carbocycles. The number of nitrogens with two attached hydrogens (primary N) is 1. The van der Waals surface area contributed by atoms with Gasteiger partial charge in [0.15, 0.2) is 5.60 Å². The fourth-order valence-corrected chi connectivity index (χ4v) is 1.68. The monoisotopic (exact) mass is 265 g/mol. The van der Waals surface area contributed by atoms with Crippen molar-refractivity contribution in [3.8, 4) is 11.5 Å². The summed E-state index contributed by atoms with van der Waals surface area (Å²) >= 11 is 0. The van der Waals surface area contributed by atoms with E-state index in [1.807, 2.05) is 0 Å². The van der Waals surface area contributed by atoms with Gasteiger partial charge in [-0.3, -0.25) is 4.79 Å². The molecule has 0 saturated carbocycles. The summed E-state index contributed by atoms with van der Waals surface area (Å²) in [5.74, 6) is -0.813. The Labute approximate surface area is 112 Å². The van der Waals surface area contributed by atoms with E-state index in [4.69, 9.17) is 5.73 Å². The number of carbonyl (C=O) groups is 1. The van der Waals surface area contributed by atoms with Gasteiger partial charge in [0.05, 0.1) is 0 Å². The van der Waals surface area contributed by atoms with Crippen molar-refractivity contribution in [2.45, 2.75) is 33.3 Å². The molecule has 1 atom stereocenters. The molecule has 1 aromatic carbocycles. The first kappa shape index (κ1) is 15.0. The second-order valence-corrected chi connectivity index (χ2v) is 4.83. The Bertz CT molecular complexity index is 530. The van der Waals surface area contributed by atoms with E-state index in [1.165, 1.54) is 19.1 Å². The number of carbonyl (C=O) groups excluding carboxylic acids is 1. The average Bonchev–Trinajstić information content (AvgIpc) is 2.33. The summed E-state index contributed by atoms with van der Waals surface area (Å²) in [6.45, 7) is 6.26. The quantitative estimate of drug-likeness (QED) is 0.618. The van der Waals surface area contributed by atoms with Crippen LogP contribution in [-0.4, -0.2) is 26.8 Å². The molecule has 0 spiro atoms. The Morgan fingerprint density at radius 2 is 1.58 bits per heavy atom. The van der Waals surface area contributed by atoms with Crippen LogP contribution in [0.25, 0.3) is 6.08 Å². The van der Waals surface area contributed by atoms with Gasteiger partial charge < -0.3 is 21.1 Å². The third kappa shape index (κ3) is 2.71. The maximum Gasteiger partial charge on any atom is 0.253 e. The Hall–Kier alpha value is -2.01. The molecule has 1 unspecified atom stereocenters. The Morgan fingerprint density at radius 1 is 1.11 bits per heavy atom. The number of primary amides is 1. The van der Waals surface area contributed by atoms with Crippen molar-refractivity contribution < 1.29 is 20.1 Å². The lowest BCUT2D eigenvalue weighted by atomic mass is 9.95. The molecule has 0 radical (unpaired) electrons. The van der Waals surface area contributed by atoms with Crippen LogP contribution in [0.2, 0.25) is 0 Å². The number of phenols is 2. The van der Waals surface area contributed by atoms with E-state index in [9.17, 15) is 20.1 Å². The SMILES string of the molecule is Cc1c(C)c(O)c(C=CC(C)(O)C(N)=O)c(C)c1O. The third-order valence-electron chi connectivity index (χ3n) is 3.36. The summed E-state index contributed by atoms with van der Waals surface area (Å²) < 4.78 is 0. The van der Waals surface area contributed by atoms with E-state index < -0.39 is 11.5 Å². The zero-order valence-corrected chi connectivity index (χ0v) is 11.5. The summed E-state index contributed by atoms with van der Waals surface area (Å²) in [6.07, 6.45) is 2.56. The molecule has 0 bridgehead atoms. The van der Waals surface area contributed by atoms with Crippen molar-refractivity contribution >= 4 is 12.0 Å². The van der Waals surface area contributed by atoms with Gasteiger partial charge in [-0.1, -0.05) is 6.08 Å². The molecule has 1 aromatic rings. The van der Waals surface area contributed by atoms with Gasteiger partial charge in [-0.05, 0) is 44.9 Å². The van der Waals surface area contributed by atoms with E-state index in [-0.39, 0.29) is 11.5 Å². The summed E-state index contributed by atoms with van der Waals surface area (Å²) in [5.41, 5.74) is 5.18. The maximum atomic E-state index is 11.0. The number of phenolic OH excluding ortho intramolecular Hbond substituents is 2. The second kappa shape index (κ2) is 4.93. The van der Waals surface area contributed by atoms with Gasteiger partial charge in [0.1, 0.15) is 11.5 Å². The van der Waals surface area contributed by atoms with Crippen molar-refractivity contribution in [2.75, 3.05) is 0 Å². The predicted molar refractivity (Wildman–Crippen MR) is 72.8 cm³/mol. The molecule has 5 heteroatoms. The van der Waals surface area contributed by atoms with Crippen molar-refractivity contribution in [3.63, 3.8) is 0 Å². The van der Waals surface area contributed by atoms with Crippen LogP contribution < -0.4 is 5.73 Å². The summed E-state index contributed by atoms with van der Waals surface area (Å²) in [5, 5.41) is 29.7. The number of benzene rings is 1. The topological polar surface area (TPSA) is 104 Å². The smallest absolute Gasteiger partial charge is 0.253 e. The van der Waals surface area contributed by atoms with Crippen LogP contribution in [0.5, 0.6) is 11.5 Å². The maximum absolute atomic E-state index is 11.0. The fraction of sp³-hybridized carbons (Fsp3) is 0.357. The highest BCUT2D eigenvalue weighted by Gasteiger charge is 2.24. The number of aliphatic hydroxyl groups is 1. The molecule has 0 aromatic heterocycles. The standard InChI is InChI=1S/C14H19NO4/c1-7-8(2)12(17)10(9(3)11(7)16)5-6-14(4,19)13(15)18/h5-6,16-17,19H,1-4H3,(H2,15,18). The van der Waals surface area contributed by atoms with E-state index in [1.54, 1.807) is 20.8 Å². The van der Waals surface area contributed by atoms with Gasteiger partial charge in [0.25, 0.3) is 5.91 Å². The van der Waals surface area contributed by atoms with Crippen molar-refractivity contribution in [2.24, 2.45) is 5.73 Å². The highest BCUT2D eigenvalue weighted by atomic mass is 16.3. The predicted octanol–water partition coefficient (Wildman–Crippen LogP) is 1.27. The highest BCUT2D eigenvalue weighted by Crippen LogP contribution is 2.37. The lowest BCUT2D eigenvalue weighted by Gasteiger charge is -2.16. The second-order valence-electron chi connectivity index (χ2n) is 4.83. The zero-order chi connectivity index (χ0) is 15.0. The molecule has 0 aliphatic rings. The van der Waals surface area contributed by atoms with Crippen LogP contribution in [0, 0.1) is 20.8 Å². The summed E-state index contributed by atoms with van der Waals surface area (Å²) in [7, 11) is 0. The third-order valence-corrected chi connectivity index (χ3v) is 3.36. The first-order valence-electron chi connectivity index (χ1n) is 5.82. The molecule has 5 nitrogen and oxygen atoms in total. The molecule has 1 amide bonds.